The highest BCUT2D eigenvalue weighted by atomic mass is 79.9. The average Bonchev–Trinajstić information content (AvgIpc) is 2.17. The summed E-state index contributed by atoms with van der Waals surface area (Å²) in [4.78, 5) is 0. The SMILES string of the molecule is CCCCCCCCC(CBr)CBr. The molecule has 0 bridgehead atoms. The van der Waals surface area contributed by atoms with Gasteiger partial charge in [-0.05, 0) is 12.3 Å². The summed E-state index contributed by atoms with van der Waals surface area (Å²) in [5, 5.41) is 2.29. The minimum atomic E-state index is 0.839. The number of unbranched alkanes of at least 4 members (excludes halogenated alkanes) is 5. The van der Waals surface area contributed by atoms with Gasteiger partial charge in [0.15, 0.2) is 0 Å². The number of alkyl halides is 2. The first-order valence-corrected chi connectivity index (χ1v) is 7.71. The molecule has 0 amide bonds. The second-order valence-electron chi connectivity index (χ2n) is 3.73. The van der Waals surface area contributed by atoms with E-state index in [0.717, 1.165) is 16.6 Å². The average molecular weight is 314 g/mol. The Balaban J connectivity index is 3.05. The van der Waals surface area contributed by atoms with Crippen molar-refractivity contribution in [1.82, 2.24) is 0 Å². The zero-order chi connectivity index (χ0) is 9.94. The fourth-order valence-electron chi connectivity index (χ4n) is 1.41. The van der Waals surface area contributed by atoms with E-state index in [-0.39, 0.29) is 0 Å². The summed E-state index contributed by atoms with van der Waals surface area (Å²) >= 11 is 7.08. The summed E-state index contributed by atoms with van der Waals surface area (Å²) in [7, 11) is 0. The van der Waals surface area contributed by atoms with Crippen LogP contribution in [0.4, 0.5) is 0 Å². The van der Waals surface area contributed by atoms with Crippen molar-refractivity contribution in [3.8, 4) is 0 Å². The summed E-state index contributed by atoms with van der Waals surface area (Å²) in [5.74, 6) is 0.839. The van der Waals surface area contributed by atoms with Crippen LogP contribution in [-0.2, 0) is 0 Å². The smallest absolute Gasteiger partial charge is 0.00676 e. The Morgan fingerprint density at radius 1 is 0.846 bits per heavy atom. The lowest BCUT2D eigenvalue weighted by Gasteiger charge is -2.09. The van der Waals surface area contributed by atoms with E-state index in [1.54, 1.807) is 0 Å². The van der Waals surface area contributed by atoms with Gasteiger partial charge in [-0.1, -0.05) is 77.3 Å². The molecule has 0 aromatic rings. The molecular weight excluding hydrogens is 292 g/mol. The van der Waals surface area contributed by atoms with Crippen molar-refractivity contribution in [1.29, 1.82) is 0 Å². The summed E-state index contributed by atoms with van der Waals surface area (Å²) in [6.45, 7) is 2.27. The maximum atomic E-state index is 3.54. The number of halogens is 2. The minimum Gasteiger partial charge on any atom is -0.0925 e. The highest BCUT2D eigenvalue weighted by Gasteiger charge is 2.03. The molecule has 0 nitrogen and oxygen atoms in total. The third kappa shape index (κ3) is 9.27. The van der Waals surface area contributed by atoms with Gasteiger partial charge in [-0.15, -0.1) is 0 Å². The van der Waals surface area contributed by atoms with Crippen LogP contribution in [0, 0.1) is 5.92 Å². The summed E-state index contributed by atoms with van der Waals surface area (Å²) in [6, 6.07) is 0. The highest BCUT2D eigenvalue weighted by Crippen LogP contribution is 2.15. The molecule has 0 aliphatic heterocycles. The molecule has 0 unspecified atom stereocenters. The molecule has 0 saturated carbocycles. The molecule has 0 radical (unpaired) electrons. The summed E-state index contributed by atoms with van der Waals surface area (Å²) in [5.41, 5.74) is 0. The van der Waals surface area contributed by atoms with Crippen molar-refractivity contribution in [2.24, 2.45) is 5.92 Å². The number of rotatable bonds is 9. The fourth-order valence-corrected chi connectivity index (χ4v) is 3.13. The summed E-state index contributed by atoms with van der Waals surface area (Å²) < 4.78 is 0. The molecule has 0 spiro atoms. The first-order chi connectivity index (χ1) is 6.35. The zero-order valence-electron chi connectivity index (χ0n) is 8.70. The molecule has 0 aliphatic rings. The second kappa shape index (κ2) is 11.0. The van der Waals surface area contributed by atoms with E-state index in [1.807, 2.05) is 0 Å². The lowest BCUT2D eigenvalue weighted by atomic mass is 10.0. The third-order valence-electron chi connectivity index (χ3n) is 2.40. The van der Waals surface area contributed by atoms with Gasteiger partial charge in [-0.25, -0.2) is 0 Å². The Labute approximate surface area is 100 Å². The van der Waals surface area contributed by atoms with Gasteiger partial charge < -0.3 is 0 Å². The molecular formula is C11H22Br2. The Kier molecular flexibility index (Phi) is 11.9. The molecule has 0 heterocycles. The van der Waals surface area contributed by atoms with Crippen LogP contribution < -0.4 is 0 Å². The lowest BCUT2D eigenvalue weighted by molar-refractivity contribution is 0.527. The van der Waals surface area contributed by atoms with E-state index in [0.29, 0.717) is 0 Å². The van der Waals surface area contributed by atoms with Crippen LogP contribution in [0.2, 0.25) is 0 Å². The Morgan fingerprint density at radius 2 is 1.38 bits per heavy atom. The number of hydrogen-bond donors (Lipinski definition) is 0. The topological polar surface area (TPSA) is 0 Å². The predicted molar refractivity (Wildman–Crippen MR) is 69.1 cm³/mol. The van der Waals surface area contributed by atoms with Gasteiger partial charge in [0.2, 0.25) is 0 Å². The van der Waals surface area contributed by atoms with Gasteiger partial charge in [-0.3, -0.25) is 0 Å². The maximum absolute atomic E-state index is 3.54. The maximum Gasteiger partial charge on any atom is 0.00676 e. The molecule has 2 heteroatoms. The highest BCUT2D eigenvalue weighted by molar-refractivity contribution is 9.09. The van der Waals surface area contributed by atoms with Crippen LogP contribution >= 0.6 is 31.9 Å². The zero-order valence-corrected chi connectivity index (χ0v) is 11.9. The van der Waals surface area contributed by atoms with E-state index < -0.39 is 0 Å². The van der Waals surface area contributed by atoms with Gasteiger partial charge in [0.1, 0.15) is 0 Å². The van der Waals surface area contributed by atoms with Gasteiger partial charge in [0.25, 0.3) is 0 Å². The molecule has 0 fully saturated rings. The second-order valence-corrected chi connectivity index (χ2v) is 5.03. The first kappa shape index (κ1) is 14.0. The molecule has 0 aromatic carbocycles. The van der Waals surface area contributed by atoms with Crippen molar-refractivity contribution in [3.05, 3.63) is 0 Å². The van der Waals surface area contributed by atoms with Crippen molar-refractivity contribution < 1.29 is 0 Å². The van der Waals surface area contributed by atoms with Gasteiger partial charge in [-0.2, -0.15) is 0 Å². The van der Waals surface area contributed by atoms with Crippen LogP contribution in [-0.4, -0.2) is 10.7 Å². The quantitative estimate of drug-likeness (QED) is 0.408. The predicted octanol–water partition coefficient (Wildman–Crippen LogP) is 5.14. The molecule has 80 valence electrons. The molecule has 0 atom stereocenters. The standard InChI is InChI=1S/C11H22Br2/c1-2-3-4-5-6-7-8-11(9-12)10-13/h11H,2-10H2,1H3. The van der Waals surface area contributed by atoms with Crippen molar-refractivity contribution in [2.45, 2.75) is 51.9 Å². The van der Waals surface area contributed by atoms with E-state index in [1.165, 1.54) is 44.9 Å². The fraction of sp³-hybridized carbons (Fsp3) is 1.00. The third-order valence-corrected chi connectivity index (χ3v) is 4.23. The van der Waals surface area contributed by atoms with Gasteiger partial charge >= 0.3 is 0 Å². The van der Waals surface area contributed by atoms with E-state index in [9.17, 15) is 0 Å². The van der Waals surface area contributed by atoms with E-state index in [2.05, 4.69) is 38.8 Å². The summed E-state index contributed by atoms with van der Waals surface area (Å²) in [6.07, 6.45) is 9.85. The van der Waals surface area contributed by atoms with Crippen molar-refractivity contribution >= 4 is 31.9 Å². The first-order valence-electron chi connectivity index (χ1n) is 5.47. The molecule has 0 aromatic heterocycles. The molecule has 0 aliphatic carbocycles. The van der Waals surface area contributed by atoms with Crippen molar-refractivity contribution in [2.75, 3.05) is 10.7 Å². The van der Waals surface area contributed by atoms with Crippen molar-refractivity contribution in [3.63, 3.8) is 0 Å². The molecule has 0 saturated heterocycles. The molecule has 0 rings (SSSR count). The van der Waals surface area contributed by atoms with Crippen LogP contribution in [0.5, 0.6) is 0 Å². The van der Waals surface area contributed by atoms with Crippen LogP contribution in [0.3, 0.4) is 0 Å². The molecule has 0 N–H and O–H groups in total. The van der Waals surface area contributed by atoms with Crippen LogP contribution in [0.1, 0.15) is 51.9 Å². The van der Waals surface area contributed by atoms with E-state index in [4.69, 9.17) is 0 Å². The number of hydrogen-bond acceptors (Lipinski definition) is 0. The normalized spacial score (nSPS) is 11.1. The Hall–Kier alpha value is 0.960. The van der Waals surface area contributed by atoms with Gasteiger partial charge in [0.05, 0.1) is 0 Å². The Bertz CT molecular complexity index is 90.1. The van der Waals surface area contributed by atoms with Crippen LogP contribution in [0.25, 0.3) is 0 Å². The molecule has 13 heavy (non-hydrogen) atoms. The Morgan fingerprint density at radius 3 is 1.92 bits per heavy atom. The largest absolute Gasteiger partial charge is 0.0925 e. The minimum absolute atomic E-state index is 0.839. The lowest BCUT2D eigenvalue weighted by Crippen LogP contribution is -2.02. The monoisotopic (exact) mass is 312 g/mol. The van der Waals surface area contributed by atoms with Gasteiger partial charge in [0, 0.05) is 10.7 Å². The van der Waals surface area contributed by atoms with Crippen LogP contribution in [0.15, 0.2) is 0 Å². The van der Waals surface area contributed by atoms with E-state index >= 15 is 0 Å².